The van der Waals surface area contributed by atoms with E-state index in [4.69, 9.17) is 10.00 Å². The van der Waals surface area contributed by atoms with E-state index in [9.17, 15) is 4.79 Å². The van der Waals surface area contributed by atoms with Crippen LogP contribution in [0.2, 0.25) is 0 Å². The lowest BCUT2D eigenvalue weighted by atomic mass is 9.71. The molecule has 3 heteroatoms. The van der Waals surface area contributed by atoms with Gasteiger partial charge in [0, 0.05) is 5.92 Å². The number of rotatable bonds is 3. The van der Waals surface area contributed by atoms with Crippen LogP contribution in [-0.4, -0.2) is 12.1 Å². The number of ether oxygens (including phenoxy) is 1. The highest BCUT2D eigenvalue weighted by atomic mass is 16.5. The van der Waals surface area contributed by atoms with Crippen molar-refractivity contribution < 1.29 is 9.53 Å². The van der Waals surface area contributed by atoms with Gasteiger partial charge < -0.3 is 4.74 Å². The van der Waals surface area contributed by atoms with Gasteiger partial charge in [0.25, 0.3) is 0 Å². The number of carbonyl (C=O) groups is 1. The predicted molar refractivity (Wildman–Crippen MR) is 89.5 cm³/mol. The summed E-state index contributed by atoms with van der Waals surface area (Å²) in [6.07, 6.45) is 15.2. The molecule has 0 aromatic carbocycles. The zero-order valence-corrected chi connectivity index (χ0v) is 14.3. The summed E-state index contributed by atoms with van der Waals surface area (Å²) in [6, 6.07) is 2.34. The van der Waals surface area contributed by atoms with Crippen LogP contribution < -0.4 is 0 Å². The van der Waals surface area contributed by atoms with Gasteiger partial charge in [-0.2, -0.15) is 5.26 Å². The summed E-state index contributed by atoms with van der Waals surface area (Å²) in [6.45, 7) is 0. The first-order valence-corrected chi connectivity index (χ1v) is 9.86. The van der Waals surface area contributed by atoms with E-state index in [1.807, 2.05) is 0 Å². The molecule has 128 valence electrons. The second kappa shape index (κ2) is 8.18. The first-order valence-electron chi connectivity index (χ1n) is 9.86. The summed E-state index contributed by atoms with van der Waals surface area (Å²) in [5.74, 6) is 2.17. The molecule has 23 heavy (non-hydrogen) atoms. The topological polar surface area (TPSA) is 50.1 Å². The quantitative estimate of drug-likeness (QED) is 0.688. The number of hydrogen-bond acceptors (Lipinski definition) is 3. The number of nitrogens with zero attached hydrogens (tertiary/aromatic N) is 1. The Labute approximate surface area is 140 Å². The third-order valence-corrected chi connectivity index (χ3v) is 6.56. The third-order valence-electron chi connectivity index (χ3n) is 6.56. The van der Waals surface area contributed by atoms with Crippen LogP contribution in [0.1, 0.15) is 83.5 Å². The van der Waals surface area contributed by atoms with Gasteiger partial charge in [0.1, 0.15) is 6.10 Å². The third kappa shape index (κ3) is 4.49. The van der Waals surface area contributed by atoms with Crippen LogP contribution in [0.5, 0.6) is 0 Å². The zero-order chi connectivity index (χ0) is 16.1. The molecule has 0 atom stereocenters. The normalized spacial score (nSPS) is 36.1. The molecule has 0 spiro atoms. The van der Waals surface area contributed by atoms with Crippen molar-refractivity contribution in [1.29, 1.82) is 5.26 Å². The summed E-state index contributed by atoms with van der Waals surface area (Å²) in [4.78, 5) is 12.4. The van der Waals surface area contributed by atoms with E-state index >= 15 is 0 Å². The first kappa shape index (κ1) is 16.8. The van der Waals surface area contributed by atoms with Gasteiger partial charge >= 0.3 is 5.97 Å². The molecule has 0 aromatic rings. The molecule has 3 aliphatic rings. The maximum atomic E-state index is 12.4. The van der Waals surface area contributed by atoms with Crippen molar-refractivity contribution in [1.82, 2.24) is 0 Å². The largest absolute Gasteiger partial charge is 0.462 e. The fourth-order valence-electron chi connectivity index (χ4n) is 5.00. The van der Waals surface area contributed by atoms with Crippen molar-refractivity contribution in [3.8, 4) is 6.07 Å². The van der Waals surface area contributed by atoms with E-state index in [0.717, 1.165) is 50.4 Å². The SMILES string of the molecule is N#CC1CCC(OC(=O)C2CCC(C3CCCCC3)CC2)CC1. The minimum absolute atomic E-state index is 0.0486. The molecule has 0 aliphatic heterocycles. The lowest BCUT2D eigenvalue weighted by Gasteiger charge is -2.35. The fraction of sp³-hybridized carbons (Fsp3) is 0.900. The summed E-state index contributed by atoms with van der Waals surface area (Å²) >= 11 is 0. The Balaban J connectivity index is 1.39. The molecule has 0 N–H and O–H groups in total. The van der Waals surface area contributed by atoms with Gasteiger partial charge in [-0.15, -0.1) is 0 Å². The minimum Gasteiger partial charge on any atom is -0.462 e. The molecular weight excluding hydrogens is 286 g/mol. The van der Waals surface area contributed by atoms with Crippen LogP contribution >= 0.6 is 0 Å². The van der Waals surface area contributed by atoms with Crippen LogP contribution in [0.4, 0.5) is 0 Å². The molecule has 3 saturated carbocycles. The van der Waals surface area contributed by atoms with Gasteiger partial charge in [-0.05, 0) is 63.2 Å². The van der Waals surface area contributed by atoms with Crippen LogP contribution in [0, 0.1) is 35.0 Å². The molecular formula is C20H31NO2. The second-order valence-electron chi connectivity index (χ2n) is 8.05. The van der Waals surface area contributed by atoms with Crippen molar-refractivity contribution >= 4 is 5.97 Å². The van der Waals surface area contributed by atoms with Crippen LogP contribution in [-0.2, 0) is 9.53 Å². The number of hydrogen-bond donors (Lipinski definition) is 0. The zero-order valence-electron chi connectivity index (χ0n) is 14.3. The van der Waals surface area contributed by atoms with Crippen molar-refractivity contribution in [2.45, 2.75) is 89.6 Å². The van der Waals surface area contributed by atoms with Gasteiger partial charge in [-0.25, -0.2) is 0 Å². The van der Waals surface area contributed by atoms with Gasteiger partial charge in [-0.1, -0.05) is 32.1 Å². The highest BCUT2D eigenvalue weighted by Gasteiger charge is 2.33. The molecule has 0 unspecified atom stereocenters. The predicted octanol–water partition coefficient (Wildman–Crippen LogP) is 5.00. The molecule has 3 aliphatic carbocycles. The van der Waals surface area contributed by atoms with Crippen LogP contribution in [0.25, 0.3) is 0 Å². The molecule has 0 amide bonds. The molecule has 3 rings (SSSR count). The summed E-state index contributed by atoms with van der Waals surface area (Å²) in [5, 5.41) is 8.94. The van der Waals surface area contributed by atoms with E-state index in [1.54, 1.807) is 0 Å². The van der Waals surface area contributed by atoms with Crippen LogP contribution in [0.3, 0.4) is 0 Å². The molecule has 0 aromatic heterocycles. The van der Waals surface area contributed by atoms with Gasteiger partial charge in [0.05, 0.1) is 12.0 Å². The molecule has 0 heterocycles. The Morgan fingerprint density at radius 2 is 1.39 bits per heavy atom. The summed E-state index contributed by atoms with van der Waals surface area (Å²) < 4.78 is 5.76. The number of esters is 1. The average Bonchev–Trinajstić information content (AvgIpc) is 2.63. The maximum absolute atomic E-state index is 12.4. The number of nitriles is 1. The van der Waals surface area contributed by atoms with E-state index in [-0.39, 0.29) is 23.9 Å². The molecule has 0 radical (unpaired) electrons. The highest BCUT2D eigenvalue weighted by molar-refractivity contribution is 5.72. The van der Waals surface area contributed by atoms with Crippen molar-refractivity contribution in [2.75, 3.05) is 0 Å². The van der Waals surface area contributed by atoms with Gasteiger partial charge in [0.15, 0.2) is 0 Å². The van der Waals surface area contributed by atoms with E-state index in [1.165, 1.54) is 44.9 Å². The van der Waals surface area contributed by atoms with Gasteiger partial charge in [-0.3, -0.25) is 4.79 Å². The molecule has 3 fully saturated rings. The van der Waals surface area contributed by atoms with E-state index in [0.29, 0.717) is 0 Å². The fourth-order valence-corrected chi connectivity index (χ4v) is 5.00. The van der Waals surface area contributed by atoms with Crippen molar-refractivity contribution in [3.05, 3.63) is 0 Å². The summed E-state index contributed by atoms with van der Waals surface area (Å²) in [7, 11) is 0. The van der Waals surface area contributed by atoms with Crippen molar-refractivity contribution in [3.63, 3.8) is 0 Å². The standard InChI is InChI=1S/C20H31NO2/c21-14-15-6-12-19(13-7-15)23-20(22)18-10-8-17(9-11-18)16-4-2-1-3-5-16/h15-19H,1-13H2. The Bertz CT molecular complexity index is 419. The van der Waals surface area contributed by atoms with E-state index < -0.39 is 0 Å². The second-order valence-corrected chi connectivity index (χ2v) is 8.05. The monoisotopic (exact) mass is 317 g/mol. The lowest BCUT2D eigenvalue weighted by Crippen LogP contribution is -2.31. The summed E-state index contributed by atoms with van der Waals surface area (Å²) in [5.41, 5.74) is 0. The Kier molecular flexibility index (Phi) is 5.97. The maximum Gasteiger partial charge on any atom is 0.309 e. The highest BCUT2D eigenvalue weighted by Crippen LogP contribution is 2.40. The number of carbonyl (C=O) groups excluding carboxylic acids is 1. The molecule has 0 saturated heterocycles. The smallest absolute Gasteiger partial charge is 0.309 e. The Morgan fingerprint density at radius 3 is 2.00 bits per heavy atom. The minimum atomic E-state index is 0.0486. The molecule has 0 bridgehead atoms. The molecule has 3 nitrogen and oxygen atoms in total. The van der Waals surface area contributed by atoms with Crippen LogP contribution in [0.15, 0.2) is 0 Å². The average molecular weight is 317 g/mol. The Morgan fingerprint density at radius 1 is 0.783 bits per heavy atom. The van der Waals surface area contributed by atoms with Crippen molar-refractivity contribution in [2.24, 2.45) is 23.7 Å². The van der Waals surface area contributed by atoms with E-state index in [2.05, 4.69) is 6.07 Å². The first-order chi connectivity index (χ1) is 11.3. The lowest BCUT2D eigenvalue weighted by molar-refractivity contribution is -0.157. The Hall–Kier alpha value is -1.04. The van der Waals surface area contributed by atoms with Gasteiger partial charge in [0.2, 0.25) is 0 Å².